The van der Waals surface area contributed by atoms with Gasteiger partial charge in [0.05, 0.1) is 22.2 Å². The maximum Gasteiger partial charge on any atom is 0.264 e. The van der Waals surface area contributed by atoms with Gasteiger partial charge in [0.25, 0.3) is 10.0 Å². The molecule has 1 heterocycles. The van der Waals surface area contributed by atoms with Crippen LogP contribution in [0.25, 0.3) is 0 Å². The number of para-hydroxylation sites is 1. The van der Waals surface area contributed by atoms with Crippen molar-refractivity contribution < 1.29 is 17.9 Å². The van der Waals surface area contributed by atoms with Crippen LogP contribution in [0.5, 0.6) is 5.75 Å². The molecule has 1 aliphatic heterocycles. The van der Waals surface area contributed by atoms with E-state index in [0.717, 1.165) is 29.7 Å². The number of hydrogen-bond acceptors (Lipinski definition) is 4. The molecular weight excluding hydrogens is 504 g/mol. The minimum absolute atomic E-state index is 0.0718. The number of fused-ring (bicyclic) bond motifs is 1. The monoisotopic (exact) mass is 528 g/mol. The lowest BCUT2D eigenvalue weighted by atomic mass is 10.0. The van der Waals surface area contributed by atoms with E-state index in [-0.39, 0.29) is 17.3 Å². The Morgan fingerprint density at radius 1 is 1.09 bits per heavy atom. The van der Waals surface area contributed by atoms with Crippen LogP contribution in [-0.4, -0.2) is 34.5 Å². The molecule has 4 rings (SSSR count). The molecule has 0 atom stereocenters. The minimum atomic E-state index is -4.03. The summed E-state index contributed by atoms with van der Waals surface area (Å²) in [5.41, 5.74) is 3.38. The highest BCUT2D eigenvalue weighted by Gasteiger charge is 2.31. The lowest BCUT2D eigenvalue weighted by Crippen LogP contribution is -2.45. The van der Waals surface area contributed by atoms with Gasteiger partial charge < -0.3 is 9.64 Å². The second-order valence-corrected chi connectivity index (χ2v) is 10.6. The molecule has 0 aromatic heterocycles. The van der Waals surface area contributed by atoms with Crippen LogP contribution in [0, 0.1) is 6.92 Å². The number of methoxy groups -OCH3 is 1. The molecule has 3 aromatic rings. The number of amides is 1. The third-order valence-electron chi connectivity index (χ3n) is 5.72. The number of anilines is 2. The Morgan fingerprint density at radius 2 is 1.82 bits per heavy atom. The number of nitrogens with zero attached hydrogens (tertiary/aromatic N) is 2. The van der Waals surface area contributed by atoms with Crippen molar-refractivity contribution >= 4 is 43.2 Å². The van der Waals surface area contributed by atoms with Crippen molar-refractivity contribution in [1.29, 1.82) is 0 Å². The Bertz CT molecular complexity index is 1280. The van der Waals surface area contributed by atoms with E-state index >= 15 is 0 Å². The van der Waals surface area contributed by atoms with Gasteiger partial charge in [-0.15, -0.1) is 0 Å². The highest BCUT2D eigenvalue weighted by molar-refractivity contribution is 9.10. The fourth-order valence-corrected chi connectivity index (χ4v) is 6.09. The third kappa shape index (κ3) is 4.77. The first-order chi connectivity index (χ1) is 15.8. The molecule has 1 aliphatic rings. The van der Waals surface area contributed by atoms with Crippen molar-refractivity contribution in [2.75, 3.05) is 29.4 Å². The fourth-order valence-electron chi connectivity index (χ4n) is 3.96. The summed E-state index contributed by atoms with van der Waals surface area (Å²) in [6, 6.07) is 19.5. The highest BCUT2D eigenvalue weighted by atomic mass is 79.9. The predicted octanol–water partition coefficient (Wildman–Crippen LogP) is 4.94. The van der Waals surface area contributed by atoms with Crippen molar-refractivity contribution in [2.45, 2.75) is 24.7 Å². The van der Waals surface area contributed by atoms with E-state index in [4.69, 9.17) is 4.74 Å². The van der Waals surface area contributed by atoms with Crippen LogP contribution >= 0.6 is 15.9 Å². The minimum Gasteiger partial charge on any atom is -0.496 e. The first kappa shape index (κ1) is 23.3. The molecule has 8 heteroatoms. The van der Waals surface area contributed by atoms with Crippen LogP contribution in [0.1, 0.15) is 17.5 Å². The van der Waals surface area contributed by atoms with E-state index in [2.05, 4.69) is 15.9 Å². The second-order valence-electron chi connectivity index (χ2n) is 7.92. The summed E-state index contributed by atoms with van der Waals surface area (Å²) in [7, 11) is -2.51. The van der Waals surface area contributed by atoms with Crippen molar-refractivity contribution in [2.24, 2.45) is 0 Å². The first-order valence-corrected chi connectivity index (χ1v) is 12.9. The van der Waals surface area contributed by atoms with Gasteiger partial charge in [-0.2, -0.15) is 0 Å². The molecule has 0 spiro atoms. The zero-order valence-corrected chi connectivity index (χ0v) is 20.9. The van der Waals surface area contributed by atoms with Gasteiger partial charge in [0.2, 0.25) is 5.91 Å². The van der Waals surface area contributed by atoms with Gasteiger partial charge in [-0.3, -0.25) is 9.10 Å². The van der Waals surface area contributed by atoms with Gasteiger partial charge in [0, 0.05) is 12.2 Å². The zero-order chi connectivity index (χ0) is 23.6. The van der Waals surface area contributed by atoms with Crippen LogP contribution in [0.4, 0.5) is 11.4 Å². The Hall–Kier alpha value is -2.84. The molecular formula is C25H25BrN2O4S. The average molecular weight is 529 g/mol. The van der Waals surface area contributed by atoms with Crippen molar-refractivity contribution in [1.82, 2.24) is 0 Å². The Morgan fingerprint density at radius 3 is 2.52 bits per heavy atom. The molecule has 0 aliphatic carbocycles. The predicted molar refractivity (Wildman–Crippen MR) is 134 cm³/mol. The maximum absolute atomic E-state index is 13.7. The van der Waals surface area contributed by atoms with E-state index in [9.17, 15) is 13.2 Å². The summed E-state index contributed by atoms with van der Waals surface area (Å²) in [5, 5.41) is 0. The van der Waals surface area contributed by atoms with Gasteiger partial charge in [-0.25, -0.2) is 8.42 Å². The number of sulfonamides is 1. The third-order valence-corrected chi connectivity index (χ3v) is 8.11. The van der Waals surface area contributed by atoms with Gasteiger partial charge in [-0.05, 0) is 77.7 Å². The molecule has 172 valence electrons. The molecule has 0 fully saturated rings. The molecule has 0 bridgehead atoms. The molecule has 1 amide bonds. The van der Waals surface area contributed by atoms with Crippen molar-refractivity contribution in [3.05, 3.63) is 82.3 Å². The van der Waals surface area contributed by atoms with E-state index in [1.54, 1.807) is 23.1 Å². The molecule has 0 saturated heterocycles. The zero-order valence-electron chi connectivity index (χ0n) is 18.5. The summed E-state index contributed by atoms with van der Waals surface area (Å²) in [6.45, 7) is 2.19. The van der Waals surface area contributed by atoms with E-state index < -0.39 is 10.0 Å². The summed E-state index contributed by atoms with van der Waals surface area (Å²) < 4.78 is 34.4. The normalized spacial score (nSPS) is 13.4. The lowest BCUT2D eigenvalue weighted by Gasteiger charge is -2.32. The number of aryl methyl sites for hydroxylation is 2. The van der Waals surface area contributed by atoms with Gasteiger partial charge in [-0.1, -0.05) is 35.9 Å². The van der Waals surface area contributed by atoms with E-state index in [0.29, 0.717) is 22.5 Å². The average Bonchev–Trinajstić information content (AvgIpc) is 2.82. The van der Waals surface area contributed by atoms with E-state index in [1.807, 2.05) is 43.3 Å². The molecule has 0 N–H and O–H groups in total. The highest BCUT2D eigenvalue weighted by Crippen LogP contribution is 2.32. The molecule has 33 heavy (non-hydrogen) atoms. The number of halogens is 1. The van der Waals surface area contributed by atoms with Crippen LogP contribution in [0.3, 0.4) is 0 Å². The number of carbonyl (C=O) groups is 1. The first-order valence-electron chi connectivity index (χ1n) is 10.6. The number of rotatable bonds is 6. The Kier molecular flexibility index (Phi) is 6.76. The smallest absolute Gasteiger partial charge is 0.264 e. The van der Waals surface area contributed by atoms with Gasteiger partial charge in [0.1, 0.15) is 12.3 Å². The summed E-state index contributed by atoms with van der Waals surface area (Å²) in [6.07, 6.45) is 1.74. The molecule has 3 aromatic carbocycles. The summed E-state index contributed by atoms with van der Waals surface area (Å²) in [5.74, 6) is 0.260. The van der Waals surface area contributed by atoms with Gasteiger partial charge >= 0.3 is 0 Å². The molecule has 6 nitrogen and oxygen atoms in total. The SMILES string of the molecule is COc1ccc(S(=O)(=O)N(CC(=O)N2CCCc3ccccc32)c2ccc(C)cc2)cc1Br. The summed E-state index contributed by atoms with van der Waals surface area (Å²) in [4.78, 5) is 15.2. The quantitative estimate of drug-likeness (QED) is 0.454. The maximum atomic E-state index is 13.7. The van der Waals surface area contributed by atoms with Crippen molar-refractivity contribution in [3.63, 3.8) is 0 Å². The standard InChI is InChI=1S/C25H25BrN2O4S/c1-18-9-11-20(12-10-18)28(33(30,31)21-13-14-24(32-2)22(26)16-21)17-25(29)27-15-5-7-19-6-3-4-8-23(19)27/h3-4,6,8-14,16H,5,7,15,17H2,1-2H3. The molecule has 0 saturated carbocycles. The number of benzene rings is 3. The number of hydrogen-bond donors (Lipinski definition) is 0. The second kappa shape index (κ2) is 9.57. The van der Waals surface area contributed by atoms with Crippen LogP contribution in [0.15, 0.2) is 76.1 Å². The summed E-state index contributed by atoms with van der Waals surface area (Å²) >= 11 is 3.36. The fraction of sp³-hybridized carbons (Fsp3) is 0.240. The van der Waals surface area contributed by atoms with Crippen LogP contribution in [0.2, 0.25) is 0 Å². The van der Waals surface area contributed by atoms with E-state index in [1.165, 1.54) is 23.5 Å². The van der Waals surface area contributed by atoms with Gasteiger partial charge in [0.15, 0.2) is 0 Å². The Balaban J connectivity index is 1.73. The molecule has 0 unspecified atom stereocenters. The number of ether oxygens (including phenoxy) is 1. The van der Waals surface area contributed by atoms with Crippen LogP contribution in [-0.2, 0) is 21.2 Å². The number of carbonyl (C=O) groups excluding carboxylic acids is 1. The lowest BCUT2D eigenvalue weighted by molar-refractivity contribution is -0.117. The van der Waals surface area contributed by atoms with Crippen molar-refractivity contribution in [3.8, 4) is 5.75 Å². The topological polar surface area (TPSA) is 66.9 Å². The van der Waals surface area contributed by atoms with Crippen LogP contribution < -0.4 is 13.9 Å². The largest absolute Gasteiger partial charge is 0.496 e. The molecule has 0 radical (unpaired) electrons. The Labute approximate surface area is 203 Å².